The topological polar surface area (TPSA) is 83.6 Å². The fourth-order valence-electron chi connectivity index (χ4n) is 6.70. The van der Waals surface area contributed by atoms with Crippen LogP contribution in [0.5, 0.6) is 0 Å². The molecule has 1 aliphatic carbocycles. The molecule has 2 aliphatic heterocycles. The molecule has 1 spiro atoms. The first-order valence-corrected chi connectivity index (χ1v) is 12.7. The van der Waals surface area contributed by atoms with E-state index in [4.69, 9.17) is 0 Å². The van der Waals surface area contributed by atoms with Crippen LogP contribution in [0, 0.1) is 5.41 Å². The number of halogens is 3. The van der Waals surface area contributed by atoms with Crippen LogP contribution in [-0.2, 0) is 15.8 Å². The van der Waals surface area contributed by atoms with Crippen molar-refractivity contribution in [3.63, 3.8) is 0 Å². The van der Waals surface area contributed by atoms with Crippen molar-refractivity contribution in [1.29, 1.82) is 0 Å². The number of fused-ring (bicyclic) bond motifs is 5. The Kier molecular flexibility index (Phi) is 5.62. The van der Waals surface area contributed by atoms with E-state index in [9.17, 15) is 32.3 Å². The monoisotopic (exact) mass is 544 g/mol. The van der Waals surface area contributed by atoms with Crippen LogP contribution in [0.3, 0.4) is 0 Å². The maximum atomic E-state index is 14.4. The molecule has 1 fully saturated rings. The Labute approximate surface area is 227 Å². The molecule has 2 heterocycles. The largest absolute Gasteiger partial charge is 0.416 e. The molecule has 0 radical (unpaired) electrons. The van der Waals surface area contributed by atoms with Gasteiger partial charge in [-0.2, -0.15) is 13.2 Å². The lowest BCUT2D eigenvalue weighted by atomic mass is 9.64. The van der Waals surface area contributed by atoms with Crippen molar-refractivity contribution in [2.24, 2.45) is 5.41 Å². The van der Waals surface area contributed by atoms with Gasteiger partial charge in [-0.1, -0.05) is 54.6 Å². The molecule has 9 heteroatoms. The third-order valence-corrected chi connectivity index (χ3v) is 8.17. The molecule has 1 amide bonds. The lowest BCUT2D eigenvalue weighted by Crippen LogP contribution is -2.48. The first kappa shape index (κ1) is 25.7. The highest BCUT2D eigenvalue weighted by atomic mass is 19.4. The zero-order chi connectivity index (χ0) is 28.6. The smallest absolute Gasteiger partial charge is 0.352 e. The molecule has 40 heavy (non-hydrogen) atoms. The second kappa shape index (κ2) is 8.74. The summed E-state index contributed by atoms with van der Waals surface area (Å²) in [6, 6.07) is 13.9. The van der Waals surface area contributed by atoms with Crippen LogP contribution >= 0.6 is 0 Å². The van der Waals surface area contributed by atoms with Gasteiger partial charge in [0.1, 0.15) is 5.41 Å². The zero-order valence-corrected chi connectivity index (χ0v) is 21.5. The molecule has 3 aromatic carbocycles. The van der Waals surface area contributed by atoms with Crippen molar-refractivity contribution in [2.75, 3.05) is 10.2 Å². The highest BCUT2D eigenvalue weighted by molar-refractivity contribution is 6.32. The summed E-state index contributed by atoms with van der Waals surface area (Å²) in [6.07, 6.45) is -1.17. The van der Waals surface area contributed by atoms with Gasteiger partial charge in [0, 0.05) is 35.2 Å². The average Bonchev–Trinajstić information content (AvgIpc) is 3.35. The third-order valence-electron chi connectivity index (χ3n) is 8.17. The van der Waals surface area contributed by atoms with Crippen LogP contribution in [0.25, 0.3) is 6.08 Å². The van der Waals surface area contributed by atoms with Gasteiger partial charge in [-0.15, -0.1) is 0 Å². The number of amides is 1. The van der Waals surface area contributed by atoms with Crippen LogP contribution < -0.4 is 10.2 Å². The number of carbonyl (C=O) groups is 4. The number of nitrogens with zero attached hydrogens (tertiary/aromatic N) is 1. The highest BCUT2D eigenvalue weighted by Crippen LogP contribution is 2.61. The zero-order valence-electron chi connectivity index (χ0n) is 21.5. The minimum absolute atomic E-state index is 0.222. The SMILES string of the molecule is CC(=O)Nc1cccc2c1C=C[C@@H]1N2[C@H](C(C)=O)[C@H](c2ccc(C(F)(F)F)cc2)C12C(=O)c1ccccc1C2=O. The number of hydrogen-bond donors (Lipinski definition) is 1. The van der Waals surface area contributed by atoms with Gasteiger partial charge in [0.25, 0.3) is 0 Å². The van der Waals surface area contributed by atoms with Crippen LogP contribution in [0.4, 0.5) is 24.5 Å². The van der Waals surface area contributed by atoms with Crippen molar-refractivity contribution >= 4 is 40.7 Å². The fraction of sp³-hybridized carbons (Fsp3) is 0.226. The normalized spacial score (nSPS) is 22.2. The minimum atomic E-state index is -4.58. The number of rotatable bonds is 3. The number of anilines is 2. The molecule has 0 saturated carbocycles. The average molecular weight is 545 g/mol. The number of benzene rings is 3. The van der Waals surface area contributed by atoms with Gasteiger partial charge < -0.3 is 10.2 Å². The van der Waals surface area contributed by atoms with Gasteiger partial charge >= 0.3 is 6.18 Å². The van der Waals surface area contributed by atoms with Crippen LogP contribution in [0.1, 0.15) is 57.2 Å². The summed E-state index contributed by atoms with van der Waals surface area (Å²) in [4.78, 5) is 55.8. The van der Waals surface area contributed by atoms with Gasteiger partial charge in [-0.25, -0.2) is 0 Å². The first-order chi connectivity index (χ1) is 19.0. The molecule has 3 aromatic rings. The van der Waals surface area contributed by atoms with Crippen LogP contribution in [-0.4, -0.2) is 35.3 Å². The van der Waals surface area contributed by atoms with Crippen LogP contribution in [0.15, 0.2) is 72.8 Å². The molecular formula is C31H23F3N2O4. The van der Waals surface area contributed by atoms with E-state index in [-0.39, 0.29) is 28.4 Å². The minimum Gasteiger partial charge on any atom is -0.352 e. The quantitative estimate of drug-likeness (QED) is 0.429. The Morgan fingerprint density at radius 1 is 0.875 bits per heavy atom. The molecule has 0 aromatic heterocycles. The summed E-state index contributed by atoms with van der Waals surface area (Å²) in [5.41, 5.74) is -0.329. The Bertz CT molecular complexity index is 1610. The van der Waals surface area contributed by atoms with Gasteiger partial charge in [0.05, 0.1) is 23.3 Å². The van der Waals surface area contributed by atoms with Gasteiger partial charge in [-0.05, 0) is 36.8 Å². The summed E-state index contributed by atoms with van der Waals surface area (Å²) in [5, 5.41) is 2.77. The van der Waals surface area contributed by atoms with Crippen molar-refractivity contribution in [2.45, 2.75) is 38.0 Å². The molecule has 6 rings (SSSR count). The second-order valence-corrected chi connectivity index (χ2v) is 10.4. The third kappa shape index (κ3) is 3.43. The summed E-state index contributed by atoms with van der Waals surface area (Å²) in [5.74, 6) is -2.67. The Hall–Kier alpha value is -4.53. The second-order valence-electron chi connectivity index (χ2n) is 10.4. The molecule has 1 N–H and O–H groups in total. The number of hydrogen-bond acceptors (Lipinski definition) is 5. The number of ketones is 3. The van der Waals surface area contributed by atoms with Gasteiger partial charge in [0.15, 0.2) is 17.3 Å². The highest BCUT2D eigenvalue weighted by Gasteiger charge is 2.71. The van der Waals surface area contributed by atoms with E-state index in [0.29, 0.717) is 16.9 Å². The van der Waals surface area contributed by atoms with Crippen molar-refractivity contribution < 1.29 is 32.3 Å². The van der Waals surface area contributed by atoms with Crippen molar-refractivity contribution in [3.8, 4) is 0 Å². The molecule has 0 unspecified atom stereocenters. The molecule has 3 aliphatic rings. The van der Waals surface area contributed by atoms with E-state index in [0.717, 1.165) is 12.1 Å². The van der Waals surface area contributed by atoms with E-state index >= 15 is 0 Å². The fourth-order valence-corrected chi connectivity index (χ4v) is 6.70. The standard InChI is InChI=1S/C31H23F3N2O4/c1-16(37)27-26(18-10-12-19(13-11-18)31(32,33)34)30(28(39)20-6-3-4-7-21(20)29(30)40)25-15-14-22-23(35-17(2)38)8-5-9-24(22)36(25)27/h3-15,25-27H,1-2H3,(H,35,38)/t25-,26-,27+/m0/s1. The molecule has 3 atom stereocenters. The summed E-state index contributed by atoms with van der Waals surface area (Å²) >= 11 is 0. The maximum absolute atomic E-state index is 14.4. The lowest BCUT2D eigenvalue weighted by molar-refractivity contribution is -0.137. The number of alkyl halides is 3. The Morgan fingerprint density at radius 2 is 1.50 bits per heavy atom. The summed E-state index contributed by atoms with van der Waals surface area (Å²) < 4.78 is 40.3. The van der Waals surface area contributed by atoms with Gasteiger partial charge in [-0.3, -0.25) is 19.2 Å². The Morgan fingerprint density at radius 3 is 2.05 bits per heavy atom. The predicted molar refractivity (Wildman–Crippen MR) is 142 cm³/mol. The van der Waals surface area contributed by atoms with E-state index < -0.39 is 46.7 Å². The van der Waals surface area contributed by atoms with Gasteiger partial charge in [0.2, 0.25) is 5.91 Å². The predicted octanol–water partition coefficient (Wildman–Crippen LogP) is 5.69. The van der Waals surface area contributed by atoms with Crippen LogP contribution in [0.2, 0.25) is 0 Å². The number of Topliss-reactive ketones (excluding diaryl/α,β-unsaturated/α-hetero) is 3. The molecule has 202 valence electrons. The number of carbonyl (C=O) groups excluding carboxylic acids is 4. The van der Waals surface area contributed by atoms with Crippen molar-refractivity contribution in [3.05, 3.63) is 101 Å². The first-order valence-electron chi connectivity index (χ1n) is 12.7. The van der Waals surface area contributed by atoms with E-state index in [2.05, 4.69) is 5.32 Å². The molecule has 1 saturated heterocycles. The lowest BCUT2D eigenvalue weighted by Gasteiger charge is -2.37. The molecular weight excluding hydrogens is 521 g/mol. The molecule has 6 nitrogen and oxygen atoms in total. The number of nitrogens with one attached hydrogen (secondary N) is 1. The van der Waals surface area contributed by atoms with E-state index in [1.807, 2.05) is 0 Å². The van der Waals surface area contributed by atoms with Crippen molar-refractivity contribution in [1.82, 2.24) is 0 Å². The van der Waals surface area contributed by atoms with E-state index in [1.54, 1.807) is 59.5 Å². The summed E-state index contributed by atoms with van der Waals surface area (Å²) in [6.45, 7) is 2.72. The summed E-state index contributed by atoms with van der Waals surface area (Å²) in [7, 11) is 0. The maximum Gasteiger partial charge on any atom is 0.416 e. The molecule has 0 bridgehead atoms. The van der Waals surface area contributed by atoms with E-state index in [1.165, 1.54) is 26.0 Å². The Balaban J connectivity index is 1.63.